The smallest absolute Gasteiger partial charge is 0.418 e. The average Bonchev–Trinajstić information content (AvgIpc) is 3.55. The summed E-state index contributed by atoms with van der Waals surface area (Å²) >= 11 is 0. The Balaban J connectivity index is 1.31. The van der Waals surface area contributed by atoms with E-state index in [4.69, 9.17) is 20.3 Å². The minimum Gasteiger partial charge on any atom is -0.436 e. The summed E-state index contributed by atoms with van der Waals surface area (Å²) in [5.74, 6) is -0.632. The number of carbonyl (C=O) groups excluding carboxylic acids is 1. The lowest BCUT2D eigenvalue weighted by atomic mass is 10.0. The fourth-order valence-electron chi connectivity index (χ4n) is 4.41. The van der Waals surface area contributed by atoms with E-state index in [1.165, 1.54) is 48.5 Å². The van der Waals surface area contributed by atoms with Crippen LogP contribution >= 0.6 is 0 Å². The van der Waals surface area contributed by atoms with Gasteiger partial charge >= 0.3 is 12.4 Å². The van der Waals surface area contributed by atoms with Gasteiger partial charge in [0.25, 0.3) is 0 Å². The fourth-order valence-corrected chi connectivity index (χ4v) is 4.41. The van der Waals surface area contributed by atoms with Crippen LogP contribution in [0.25, 0.3) is 45.1 Å². The van der Waals surface area contributed by atoms with Crippen molar-refractivity contribution in [2.45, 2.75) is 12.4 Å². The monoisotopic (exact) mass is 582 g/mol. The molecular formula is C29H16F6N4O3. The molecule has 4 N–H and O–H groups in total. The number of alkyl halides is 6. The van der Waals surface area contributed by atoms with Crippen LogP contribution in [0.2, 0.25) is 0 Å². The van der Waals surface area contributed by atoms with E-state index in [1.807, 2.05) is 0 Å². The van der Waals surface area contributed by atoms with E-state index in [0.29, 0.717) is 11.0 Å². The second-order valence-corrected chi connectivity index (χ2v) is 9.33. The quantitative estimate of drug-likeness (QED) is 0.124. The number of fused-ring (bicyclic) bond motifs is 2. The summed E-state index contributed by atoms with van der Waals surface area (Å²) in [6, 6.07) is 15.3. The number of oxazole rings is 2. The number of nitrogens with zero attached hydrogens (tertiary/aromatic N) is 2. The van der Waals surface area contributed by atoms with Gasteiger partial charge < -0.3 is 20.3 Å². The summed E-state index contributed by atoms with van der Waals surface area (Å²) in [4.78, 5) is 21.7. The standard InChI is InChI=1S/C29H16F6N4O3/c30-28(31,32)17-9-15(1-5-19(17)36)26-38-21-7-3-13(11-23(21)41-26)25(40)14-4-8-22-24(12-14)42-27(39-22)16-2-6-20(37)18(10-16)29(33,34)35/h1-12H,36-37H2. The van der Waals surface area contributed by atoms with E-state index in [2.05, 4.69) is 9.97 Å². The third-order valence-electron chi connectivity index (χ3n) is 6.51. The van der Waals surface area contributed by atoms with Crippen LogP contribution in [-0.2, 0) is 12.4 Å². The lowest BCUT2D eigenvalue weighted by Crippen LogP contribution is -2.08. The lowest BCUT2D eigenvalue weighted by Gasteiger charge is -2.10. The number of halogens is 6. The van der Waals surface area contributed by atoms with Crippen LogP contribution in [0, 0.1) is 0 Å². The van der Waals surface area contributed by atoms with Crippen molar-refractivity contribution in [2.24, 2.45) is 0 Å². The normalized spacial score (nSPS) is 12.3. The molecule has 0 saturated heterocycles. The Kier molecular flexibility index (Phi) is 5.99. The topological polar surface area (TPSA) is 121 Å². The molecule has 0 aliphatic rings. The second kappa shape index (κ2) is 9.36. The summed E-state index contributed by atoms with van der Waals surface area (Å²) < 4.78 is 91.0. The Bertz CT molecular complexity index is 1880. The molecule has 0 unspecified atom stereocenters. The van der Waals surface area contributed by atoms with Crippen LogP contribution < -0.4 is 11.5 Å². The van der Waals surface area contributed by atoms with Crippen molar-refractivity contribution in [1.29, 1.82) is 0 Å². The number of benzene rings is 4. The highest BCUT2D eigenvalue weighted by molar-refractivity contribution is 6.11. The number of rotatable bonds is 4. The second-order valence-electron chi connectivity index (χ2n) is 9.33. The zero-order valence-corrected chi connectivity index (χ0v) is 21.0. The molecule has 2 aromatic heterocycles. The first-order valence-electron chi connectivity index (χ1n) is 12.1. The van der Waals surface area contributed by atoms with Gasteiger partial charge in [0.1, 0.15) is 11.0 Å². The Morgan fingerprint density at radius 2 is 1.00 bits per heavy atom. The van der Waals surface area contributed by atoms with Crippen molar-refractivity contribution in [2.75, 3.05) is 11.5 Å². The predicted molar refractivity (Wildman–Crippen MR) is 141 cm³/mol. The SMILES string of the molecule is Nc1ccc(-c2nc3ccc(C(=O)c4ccc5nc(-c6ccc(N)c(C(F)(F)F)c6)oc5c4)cc3o2)cc1C(F)(F)F. The van der Waals surface area contributed by atoms with Crippen LogP contribution in [0.4, 0.5) is 37.7 Å². The maximum atomic E-state index is 13.3. The van der Waals surface area contributed by atoms with Gasteiger partial charge in [-0.1, -0.05) is 0 Å². The summed E-state index contributed by atoms with van der Waals surface area (Å²) in [6.07, 6.45) is -9.34. The third-order valence-corrected chi connectivity index (χ3v) is 6.51. The molecule has 0 fully saturated rings. The maximum absolute atomic E-state index is 13.3. The number of aromatic nitrogens is 2. The Morgan fingerprint density at radius 1 is 0.595 bits per heavy atom. The molecule has 0 aliphatic heterocycles. The van der Waals surface area contributed by atoms with Gasteiger partial charge in [0.2, 0.25) is 11.8 Å². The first kappa shape index (κ1) is 26.9. The molecule has 0 radical (unpaired) electrons. The van der Waals surface area contributed by atoms with E-state index in [0.717, 1.165) is 24.3 Å². The van der Waals surface area contributed by atoms with Crippen molar-refractivity contribution in [3.8, 4) is 22.9 Å². The average molecular weight is 582 g/mol. The highest BCUT2D eigenvalue weighted by atomic mass is 19.4. The molecule has 6 aromatic rings. The molecule has 13 heteroatoms. The van der Waals surface area contributed by atoms with Crippen molar-refractivity contribution in [3.63, 3.8) is 0 Å². The van der Waals surface area contributed by atoms with Crippen molar-refractivity contribution < 1.29 is 40.0 Å². The molecular weight excluding hydrogens is 566 g/mol. The number of ketones is 1. The van der Waals surface area contributed by atoms with Gasteiger partial charge in [-0.2, -0.15) is 26.3 Å². The largest absolute Gasteiger partial charge is 0.436 e. The number of nitrogen functional groups attached to an aromatic ring is 2. The van der Waals surface area contributed by atoms with E-state index < -0.39 is 40.6 Å². The number of hydrogen-bond donors (Lipinski definition) is 2. The van der Waals surface area contributed by atoms with E-state index in [1.54, 1.807) is 0 Å². The van der Waals surface area contributed by atoms with Crippen molar-refractivity contribution in [3.05, 3.63) is 95.1 Å². The van der Waals surface area contributed by atoms with Crippen LogP contribution in [0.5, 0.6) is 0 Å². The van der Waals surface area contributed by atoms with Crippen molar-refractivity contribution in [1.82, 2.24) is 9.97 Å². The molecule has 2 heterocycles. The number of carbonyl (C=O) groups is 1. The van der Waals surface area contributed by atoms with Gasteiger partial charge in [-0.05, 0) is 72.8 Å². The van der Waals surface area contributed by atoms with Crippen LogP contribution in [0.1, 0.15) is 27.0 Å². The van der Waals surface area contributed by atoms with Gasteiger partial charge in [0.15, 0.2) is 16.9 Å². The highest BCUT2D eigenvalue weighted by Gasteiger charge is 2.34. The molecule has 212 valence electrons. The van der Waals surface area contributed by atoms with Gasteiger partial charge in [0, 0.05) is 33.6 Å². The summed E-state index contributed by atoms with van der Waals surface area (Å²) in [7, 11) is 0. The first-order chi connectivity index (χ1) is 19.8. The van der Waals surface area contributed by atoms with Gasteiger partial charge in [0.05, 0.1) is 11.1 Å². The van der Waals surface area contributed by atoms with Gasteiger partial charge in [-0.15, -0.1) is 0 Å². The minimum atomic E-state index is -4.67. The third kappa shape index (κ3) is 4.78. The molecule has 42 heavy (non-hydrogen) atoms. The summed E-state index contributed by atoms with van der Waals surface area (Å²) in [5.41, 5.74) is 9.41. The highest BCUT2D eigenvalue weighted by Crippen LogP contribution is 2.38. The molecule has 0 amide bonds. The lowest BCUT2D eigenvalue weighted by molar-refractivity contribution is -0.137. The zero-order valence-electron chi connectivity index (χ0n) is 21.0. The van der Waals surface area contributed by atoms with Crippen LogP contribution in [0.15, 0.2) is 81.6 Å². The Morgan fingerprint density at radius 3 is 1.38 bits per heavy atom. The Labute approximate surface area is 231 Å². The van der Waals surface area contributed by atoms with E-state index in [-0.39, 0.29) is 45.2 Å². The van der Waals surface area contributed by atoms with E-state index in [9.17, 15) is 31.1 Å². The predicted octanol–water partition coefficient (Wildman–Crippen LogP) is 7.74. The maximum Gasteiger partial charge on any atom is 0.418 e. The molecule has 0 saturated carbocycles. The Hall–Kier alpha value is -5.33. The summed E-state index contributed by atoms with van der Waals surface area (Å²) in [6.45, 7) is 0. The number of hydrogen-bond acceptors (Lipinski definition) is 7. The first-order valence-corrected chi connectivity index (χ1v) is 12.1. The summed E-state index contributed by atoms with van der Waals surface area (Å²) in [5, 5.41) is 0. The molecule has 4 aromatic carbocycles. The zero-order chi connectivity index (χ0) is 30.0. The molecule has 0 atom stereocenters. The van der Waals surface area contributed by atoms with Gasteiger partial charge in [-0.3, -0.25) is 4.79 Å². The number of nitrogens with two attached hydrogens (primary N) is 2. The number of anilines is 2. The van der Waals surface area contributed by atoms with E-state index >= 15 is 0 Å². The molecule has 0 bridgehead atoms. The van der Waals surface area contributed by atoms with Crippen LogP contribution in [0.3, 0.4) is 0 Å². The molecule has 0 spiro atoms. The van der Waals surface area contributed by atoms with Crippen LogP contribution in [-0.4, -0.2) is 15.8 Å². The minimum absolute atomic E-state index is 0.0515. The fraction of sp³-hybridized carbons (Fsp3) is 0.0690. The molecule has 6 rings (SSSR count). The molecule has 7 nitrogen and oxygen atoms in total. The molecule has 0 aliphatic carbocycles. The van der Waals surface area contributed by atoms with Crippen molar-refractivity contribution >= 4 is 39.4 Å². The van der Waals surface area contributed by atoms with Gasteiger partial charge in [-0.25, -0.2) is 9.97 Å².